The third-order valence-electron chi connectivity index (χ3n) is 2.97. The molecule has 16 heavy (non-hydrogen) atoms. The molecular weight excluding hydrogens is 224 g/mol. The van der Waals surface area contributed by atoms with E-state index < -0.39 is 0 Å². The molecule has 0 spiro atoms. The Labute approximate surface area is 98.7 Å². The summed E-state index contributed by atoms with van der Waals surface area (Å²) < 4.78 is 5.76. The summed E-state index contributed by atoms with van der Waals surface area (Å²) in [5, 5.41) is 5.16. The maximum absolute atomic E-state index is 6.10. The zero-order valence-corrected chi connectivity index (χ0v) is 9.55. The number of nitrogens with one attached hydrogen (secondary N) is 2. The van der Waals surface area contributed by atoms with E-state index in [-0.39, 0.29) is 6.10 Å². The highest BCUT2D eigenvalue weighted by Gasteiger charge is 2.18. The van der Waals surface area contributed by atoms with E-state index in [9.17, 15) is 0 Å². The molecule has 1 aliphatic heterocycles. The van der Waals surface area contributed by atoms with Crippen LogP contribution in [0.25, 0.3) is 10.9 Å². The van der Waals surface area contributed by atoms with Crippen molar-refractivity contribution in [3.8, 4) is 0 Å². The third-order valence-corrected chi connectivity index (χ3v) is 3.28. The number of aromatic amines is 1. The molecule has 0 bridgehead atoms. The van der Waals surface area contributed by atoms with Gasteiger partial charge in [-0.15, -0.1) is 0 Å². The van der Waals surface area contributed by atoms with Crippen LogP contribution in [-0.2, 0) is 4.74 Å². The van der Waals surface area contributed by atoms with Gasteiger partial charge < -0.3 is 15.0 Å². The number of hydrogen-bond acceptors (Lipinski definition) is 2. The summed E-state index contributed by atoms with van der Waals surface area (Å²) in [6.07, 6.45) is 1.94. The number of aromatic nitrogens is 1. The molecule has 3 rings (SSSR count). The first-order valence-electron chi connectivity index (χ1n) is 5.44. The summed E-state index contributed by atoms with van der Waals surface area (Å²) in [5.74, 6) is 0. The Bertz CT molecular complexity index is 503. The molecule has 84 valence electrons. The Hall–Kier alpha value is -1.03. The fourth-order valence-corrected chi connectivity index (χ4v) is 2.39. The molecule has 4 heteroatoms. The summed E-state index contributed by atoms with van der Waals surface area (Å²) in [4.78, 5) is 3.21. The average molecular weight is 237 g/mol. The molecule has 1 aromatic heterocycles. The van der Waals surface area contributed by atoms with Crippen molar-refractivity contribution in [1.29, 1.82) is 0 Å². The van der Waals surface area contributed by atoms with E-state index in [1.807, 2.05) is 18.3 Å². The van der Waals surface area contributed by atoms with Gasteiger partial charge in [-0.3, -0.25) is 0 Å². The number of fused-ring (bicyclic) bond motifs is 1. The molecule has 0 amide bonds. The minimum atomic E-state index is 0.118. The lowest BCUT2D eigenvalue weighted by Crippen LogP contribution is -2.33. The standard InChI is InChI=1S/C12H13ClN2O/c13-10-6-15-12-8(10)2-1-3-9(12)11-7-14-4-5-16-11/h1-3,6,11,14-15H,4-5,7H2. The van der Waals surface area contributed by atoms with Crippen LogP contribution in [0.5, 0.6) is 0 Å². The molecule has 1 unspecified atom stereocenters. The number of hydrogen-bond donors (Lipinski definition) is 2. The maximum Gasteiger partial charge on any atom is 0.0970 e. The molecule has 2 heterocycles. The van der Waals surface area contributed by atoms with Gasteiger partial charge in [0.05, 0.1) is 23.3 Å². The molecule has 1 aliphatic rings. The van der Waals surface area contributed by atoms with Crippen LogP contribution in [0.15, 0.2) is 24.4 Å². The zero-order chi connectivity index (χ0) is 11.0. The van der Waals surface area contributed by atoms with E-state index in [2.05, 4.69) is 16.4 Å². The Morgan fingerprint density at radius 3 is 3.12 bits per heavy atom. The van der Waals surface area contributed by atoms with Crippen LogP contribution in [-0.4, -0.2) is 24.7 Å². The Balaban J connectivity index is 2.08. The van der Waals surface area contributed by atoms with Crippen molar-refractivity contribution in [1.82, 2.24) is 10.3 Å². The van der Waals surface area contributed by atoms with Crippen LogP contribution in [0.3, 0.4) is 0 Å². The molecule has 3 nitrogen and oxygen atoms in total. The predicted molar refractivity (Wildman–Crippen MR) is 64.9 cm³/mol. The van der Waals surface area contributed by atoms with Crippen molar-refractivity contribution in [2.45, 2.75) is 6.10 Å². The minimum absolute atomic E-state index is 0.118. The topological polar surface area (TPSA) is 37.0 Å². The number of benzene rings is 1. The zero-order valence-electron chi connectivity index (χ0n) is 8.79. The largest absolute Gasteiger partial charge is 0.371 e. The van der Waals surface area contributed by atoms with Crippen molar-refractivity contribution in [3.63, 3.8) is 0 Å². The normalized spacial score (nSPS) is 21.4. The second-order valence-electron chi connectivity index (χ2n) is 3.97. The number of morpholine rings is 1. The summed E-state index contributed by atoms with van der Waals surface area (Å²) in [6.45, 7) is 2.54. The summed E-state index contributed by atoms with van der Waals surface area (Å²) >= 11 is 6.10. The van der Waals surface area contributed by atoms with Crippen LogP contribution >= 0.6 is 11.6 Å². The van der Waals surface area contributed by atoms with Gasteiger partial charge in [-0.05, 0) is 0 Å². The average Bonchev–Trinajstić information content (AvgIpc) is 2.73. The van der Waals surface area contributed by atoms with E-state index in [1.165, 1.54) is 5.56 Å². The number of para-hydroxylation sites is 1. The fraction of sp³-hybridized carbons (Fsp3) is 0.333. The molecular formula is C12H13ClN2O. The summed E-state index contributed by atoms with van der Waals surface area (Å²) in [6, 6.07) is 6.14. The Morgan fingerprint density at radius 1 is 1.38 bits per heavy atom. The first-order valence-corrected chi connectivity index (χ1v) is 5.82. The summed E-state index contributed by atoms with van der Waals surface area (Å²) in [7, 11) is 0. The first-order chi connectivity index (χ1) is 7.86. The first kappa shape index (κ1) is 10.1. The van der Waals surface area contributed by atoms with Crippen molar-refractivity contribution in [2.75, 3.05) is 19.7 Å². The SMILES string of the molecule is Clc1c[nH]c2c(C3CNCCO3)cccc12. The van der Waals surface area contributed by atoms with E-state index in [1.54, 1.807) is 0 Å². The van der Waals surface area contributed by atoms with Gasteiger partial charge in [-0.1, -0.05) is 29.8 Å². The Kier molecular flexibility index (Phi) is 2.59. The molecule has 1 fully saturated rings. The monoisotopic (exact) mass is 236 g/mol. The highest BCUT2D eigenvalue weighted by Crippen LogP contribution is 2.30. The van der Waals surface area contributed by atoms with Gasteiger partial charge in [0.25, 0.3) is 0 Å². The second kappa shape index (κ2) is 4.09. The molecule has 0 aliphatic carbocycles. The van der Waals surface area contributed by atoms with Gasteiger partial charge >= 0.3 is 0 Å². The lowest BCUT2D eigenvalue weighted by atomic mass is 10.1. The number of ether oxygens (including phenoxy) is 1. The Morgan fingerprint density at radius 2 is 2.31 bits per heavy atom. The van der Waals surface area contributed by atoms with Crippen LogP contribution in [0.1, 0.15) is 11.7 Å². The predicted octanol–water partition coefficient (Wildman–Crippen LogP) is 2.48. The highest BCUT2D eigenvalue weighted by molar-refractivity contribution is 6.35. The van der Waals surface area contributed by atoms with Crippen molar-refractivity contribution in [3.05, 3.63) is 35.0 Å². The maximum atomic E-state index is 6.10. The van der Waals surface area contributed by atoms with Crippen LogP contribution in [0.4, 0.5) is 0 Å². The van der Waals surface area contributed by atoms with Crippen LogP contribution in [0.2, 0.25) is 5.02 Å². The van der Waals surface area contributed by atoms with E-state index in [4.69, 9.17) is 16.3 Å². The van der Waals surface area contributed by atoms with Gasteiger partial charge in [0.2, 0.25) is 0 Å². The molecule has 2 N–H and O–H groups in total. The number of halogens is 1. The van der Waals surface area contributed by atoms with Gasteiger partial charge in [-0.2, -0.15) is 0 Å². The molecule has 1 saturated heterocycles. The summed E-state index contributed by atoms with van der Waals surface area (Å²) in [5.41, 5.74) is 2.26. The minimum Gasteiger partial charge on any atom is -0.371 e. The van der Waals surface area contributed by atoms with Gasteiger partial charge in [0.15, 0.2) is 0 Å². The van der Waals surface area contributed by atoms with Gasteiger partial charge in [0, 0.05) is 30.2 Å². The highest BCUT2D eigenvalue weighted by atomic mass is 35.5. The lowest BCUT2D eigenvalue weighted by Gasteiger charge is -2.24. The molecule has 1 aromatic carbocycles. The fourth-order valence-electron chi connectivity index (χ4n) is 2.18. The van der Waals surface area contributed by atoms with E-state index >= 15 is 0 Å². The van der Waals surface area contributed by atoms with Crippen molar-refractivity contribution in [2.24, 2.45) is 0 Å². The van der Waals surface area contributed by atoms with E-state index in [0.717, 1.165) is 35.6 Å². The quantitative estimate of drug-likeness (QED) is 0.798. The van der Waals surface area contributed by atoms with E-state index in [0.29, 0.717) is 0 Å². The molecule has 1 atom stereocenters. The van der Waals surface area contributed by atoms with Gasteiger partial charge in [-0.25, -0.2) is 0 Å². The van der Waals surface area contributed by atoms with Crippen LogP contribution < -0.4 is 5.32 Å². The smallest absolute Gasteiger partial charge is 0.0970 e. The molecule has 2 aromatic rings. The lowest BCUT2D eigenvalue weighted by molar-refractivity contribution is 0.0285. The number of H-pyrrole nitrogens is 1. The van der Waals surface area contributed by atoms with Crippen LogP contribution in [0, 0.1) is 0 Å². The van der Waals surface area contributed by atoms with Gasteiger partial charge in [0.1, 0.15) is 0 Å². The van der Waals surface area contributed by atoms with Crippen molar-refractivity contribution >= 4 is 22.5 Å². The molecule has 0 saturated carbocycles. The third kappa shape index (κ3) is 1.61. The number of rotatable bonds is 1. The second-order valence-corrected chi connectivity index (χ2v) is 4.38. The molecule has 0 radical (unpaired) electrons. The van der Waals surface area contributed by atoms with Crippen molar-refractivity contribution < 1.29 is 4.74 Å².